The SMILES string of the molecule is CCOc1ccc(N2C(=O)c3ccc(C(=O)OCc4ccc(C)cc4)cc3C2=O)cc1. The summed E-state index contributed by atoms with van der Waals surface area (Å²) in [7, 11) is 0. The first-order valence-corrected chi connectivity index (χ1v) is 9.96. The lowest BCUT2D eigenvalue weighted by molar-refractivity contribution is 0.0472. The predicted molar refractivity (Wildman–Crippen MR) is 115 cm³/mol. The summed E-state index contributed by atoms with van der Waals surface area (Å²) in [6.45, 7) is 4.51. The van der Waals surface area contributed by atoms with Gasteiger partial charge in [-0.15, -0.1) is 0 Å². The van der Waals surface area contributed by atoms with Crippen molar-refractivity contribution in [3.05, 3.63) is 94.5 Å². The minimum atomic E-state index is -0.553. The van der Waals surface area contributed by atoms with Gasteiger partial charge in [-0.3, -0.25) is 9.59 Å². The Morgan fingerprint density at radius 3 is 2.23 bits per heavy atom. The Labute approximate surface area is 180 Å². The fourth-order valence-electron chi connectivity index (χ4n) is 3.38. The van der Waals surface area contributed by atoms with E-state index in [1.165, 1.54) is 18.2 Å². The van der Waals surface area contributed by atoms with Crippen LogP contribution in [0.5, 0.6) is 5.75 Å². The Kier molecular flexibility index (Phi) is 5.54. The average molecular weight is 415 g/mol. The van der Waals surface area contributed by atoms with Crippen molar-refractivity contribution in [1.29, 1.82) is 0 Å². The molecular formula is C25H21NO5. The van der Waals surface area contributed by atoms with Crippen LogP contribution in [-0.4, -0.2) is 24.4 Å². The number of anilines is 1. The molecule has 31 heavy (non-hydrogen) atoms. The number of fused-ring (bicyclic) bond motifs is 1. The van der Waals surface area contributed by atoms with E-state index in [2.05, 4.69) is 0 Å². The summed E-state index contributed by atoms with van der Waals surface area (Å²) in [6.07, 6.45) is 0. The highest BCUT2D eigenvalue weighted by Crippen LogP contribution is 2.30. The number of nitrogens with zero attached hydrogens (tertiary/aromatic N) is 1. The summed E-state index contributed by atoms with van der Waals surface area (Å²) >= 11 is 0. The van der Waals surface area contributed by atoms with Crippen molar-refractivity contribution in [2.75, 3.05) is 11.5 Å². The van der Waals surface area contributed by atoms with E-state index >= 15 is 0 Å². The standard InChI is InChI=1S/C25H21NO5/c1-3-30-20-11-9-19(10-12-20)26-23(27)21-13-8-18(14-22(21)24(26)28)25(29)31-15-17-6-4-16(2)5-7-17/h4-14H,3,15H2,1-2H3. The molecule has 6 heteroatoms. The number of esters is 1. The van der Waals surface area contributed by atoms with Crippen LogP contribution in [0, 0.1) is 6.92 Å². The lowest BCUT2D eigenvalue weighted by Gasteiger charge is -2.14. The van der Waals surface area contributed by atoms with Gasteiger partial charge in [0.1, 0.15) is 12.4 Å². The molecule has 1 aliphatic heterocycles. The largest absolute Gasteiger partial charge is 0.494 e. The maximum absolute atomic E-state index is 12.9. The fraction of sp³-hybridized carbons (Fsp3) is 0.160. The van der Waals surface area contributed by atoms with Gasteiger partial charge in [0.05, 0.1) is 29.0 Å². The van der Waals surface area contributed by atoms with Crippen LogP contribution in [0.3, 0.4) is 0 Å². The van der Waals surface area contributed by atoms with Gasteiger partial charge in [-0.2, -0.15) is 0 Å². The minimum absolute atomic E-state index is 0.126. The highest BCUT2D eigenvalue weighted by atomic mass is 16.5. The third-order valence-electron chi connectivity index (χ3n) is 5.02. The van der Waals surface area contributed by atoms with Crippen LogP contribution in [0.25, 0.3) is 0 Å². The lowest BCUT2D eigenvalue weighted by Crippen LogP contribution is -2.29. The number of imide groups is 1. The summed E-state index contributed by atoms with van der Waals surface area (Å²) in [4.78, 5) is 39.3. The second-order valence-electron chi connectivity index (χ2n) is 7.19. The van der Waals surface area contributed by atoms with Crippen LogP contribution in [-0.2, 0) is 11.3 Å². The zero-order valence-corrected chi connectivity index (χ0v) is 17.3. The molecule has 0 radical (unpaired) electrons. The van der Waals surface area contributed by atoms with Crippen LogP contribution in [0.1, 0.15) is 49.1 Å². The number of rotatable bonds is 6. The van der Waals surface area contributed by atoms with Crippen LogP contribution in [0.2, 0.25) is 0 Å². The number of hydrogen-bond acceptors (Lipinski definition) is 5. The topological polar surface area (TPSA) is 72.9 Å². The van der Waals surface area contributed by atoms with Gasteiger partial charge >= 0.3 is 5.97 Å². The van der Waals surface area contributed by atoms with Gasteiger partial charge in [-0.05, 0) is 61.9 Å². The lowest BCUT2D eigenvalue weighted by atomic mass is 10.1. The Morgan fingerprint density at radius 2 is 1.55 bits per heavy atom. The number of amides is 2. The third-order valence-corrected chi connectivity index (χ3v) is 5.02. The minimum Gasteiger partial charge on any atom is -0.494 e. The molecule has 0 bridgehead atoms. The smallest absolute Gasteiger partial charge is 0.338 e. The Morgan fingerprint density at radius 1 is 0.871 bits per heavy atom. The molecule has 0 atom stereocenters. The van der Waals surface area contributed by atoms with E-state index in [9.17, 15) is 14.4 Å². The van der Waals surface area contributed by atoms with E-state index in [4.69, 9.17) is 9.47 Å². The molecule has 0 unspecified atom stereocenters. The molecule has 0 aromatic heterocycles. The van der Waals surface area contributed by atoms with Gasteiger partial charge in [0.15, 0.2) is 0 Å². The molecule has 3 aromatic carbocycles. The van der Waals surface area contributed by atoms with Gasteiger partial charge in [-0.1, -0.05) is 29.8 Å². The highest BCUT2D eigenvalue weighted by molar-refractivity contribution is 6.34. The molecule has 3 aromatic rings. The van der Waals surface area contributed by atoms with Crippen molar-refractivity contribution in [2.24, 2.45) is 0 Å². The normalized spacial score (nSPS) is 12.6. The van der Waals surface area contributed by atoms with E-state index in [0.29, 0.717) is 18.0 Å². The number of hydrogen-bond donors (Lipinski definition) is 0. The average Bonchev–Trinajstić information content (AvgIpc) is 3.03. The summed E-state index contributed by atoms with van der Waals surface area (Å²) in [6, 6.07) is 18.8. The molecule has 0 saturated heterocycles. The first kappa shape index (κ1) is 20.3. The van der Waals surface area contributed by atoms with Crippen molar-refractivity contribution >= 4 is 23.5 Å². The molecule has 0 saturated carbocycles. The number of benzene rings is 3. The quantitative estimate of drug-likeness (QED) is 0.436. The summed E-state index contributed by atoms with van der Waals surface area (Å²) in [5.74, 6) is -0.800. The van der Waals surface area contributed by atoms with E-state index in [0.717, 1.165) is 16.0 Å². The van der Waals surface area contributed by atoms with Gasteiger partial charge < -0.3 is 9.47 Å². The van der Waals surface area contributed by atoms with Gasteiger partial charge in [-0.25, -0.2) is 9.69 Å². The monoisotopic (exact) mass is 415 g/mol. The number of aryl methyl sites for hydroxylation is 1. The molecule has 0 N–H and O–H groups in total. The van der Waals surface area contributed by atoms with Crippen molar-refractivity contribution in [2.45, 2.75) is 20.5 Å². The maximum atomic E-state index is 12.9. The van der Waals surface area contributed by atoms with Crippen LogP contribution in [0.4, 0.5) is 5.69 Å². The molecule has 2 amide bonds. The van der Waals surface area contributed by atoms with E-state index in [-0.39, 0.29) is 23.3 Å². The van der Waals surface area contributed by atoms with Crippen molar-refractivity contribution < 1.29 is 23.9 Å². The van der Waals surface area contributed by atoms with Crippen molar-refractivity contribution in [3.8, 4) is 5.75 Å². The summed E-state index contributed by atoms with van der Waals surface area (Å²) in [5.41, 5.74) is 3.10. The molecule has 4 rings (SSSR count). The number of carbonyl (C=O) groups excluding carboxylic acids is 3. The van der Waals surface area contributed by atoms with Crippen molar-refractivity contribution in [1.82, 2.24) is 0 Å². The Bertz CT molecular complexity index is 1150. The van der Waals surface area contributed by atoms with E-state index in [1.807, 2.05) is 38.1 Å². The Hall–Kier alpha value is -3.93. The van der Waals surface area contributed by atoms with Gasteiger partial charge in [0.25, 0.3) is 11.8 Å². The maximum Gasteiger partial charge on any atom is 0.338 e. The third kappa shape index (κ3) is 4.05. The second kappa shape index (κ2) is 8.44. The molecule has 0 aliphatic carbocycles. The van der Waals surface area contributed by atoms with Gasteiger partial charge in [0, 0.05) is 0 Å². The van der Waals surface area contributed by atoms with Crippen LogP contribution in [0.15, 0.2) is 66.7 Å². The second-order valence-corrected chi connectivity index (χ2v) is 7.19. The molecule has 1 aliphatic rings. The molecule has 156 valence electrons. The van der Waals surface area contributed by atoms with E-state index in [1.54, 1.807) is 24.3 Å². The first-order chi connectivity index (χ1) is 15.0. The summed E-state index contributed by atoms with van der Waals surface area (Å²) in [5, 5.41) is 0. The number of ether oxygens (including phenoxy) is 2. The molecule has 6 nitrogen and oxygen atoms in total. The zero-order valence-electron chi connectivity index (χ0n) is 17.3. The predicted octanol–water partition coefficient (Wildman–Crippen LogP) is 4.55. The molecular weight excluding hydrogens is 394 g/mol. The van der Waals surface area contributed by atoms with Gasteiger partial charge in [0.2, 0.25) is 0 Å². The van der Waals surface area contributed by atoms with Crippen LogP contribution >= 0.6 is 0 Å². The van der Waals surface area contributed by atoms with Crippen LogP contribution < -0.4 is 9.64 Å². The fourth-order valence-corrected chi connectivity index (χ4v) is 3.38. The highest BCUT2D eigenvalue weighted by Gasteiger charge is 2.37. The number of carbonyl (C=O) groups is 3. The molecule has 0 fully saturated rings. The Balaban J connectivity index is 1.51. The van der Waals surface area contributed by atoms with E-state index < -0.39 is 17.8 Å². The molecule has 0 spiro atoms. The molecule has 1 heterocycles. The first-order valence-electron chi connectivity index (χ1n) is 9.96. The van der Waals surface area contributed by atoms with Crippen molar-refractivity contribution in [3.63, 3.8) is 0 Å². The zero-order chi connectivity index (χ0) is 22.0. The summed E-state index contributed by atoms with van der Waals surface area (Å²) < 4.78 is 10.8.